The second-order valence-electron chi connectivity index (χ2n) is 0.752. The molecule has 0 saturated heterocycles. The zero-order valence-electron chi connectivity index (χ0n) is 3.52. The first-order chi connectivity index (χ1) is 2.64. The highest BCUT2D eigenvalue weighted by molar-refractivity contribution is 8.93. The zero-order valence-corrected chi connectivity index (χ0v) is 5.23. The number of carbonyl (C=O) groups excluding carboxylic acids is 1. The minimum atomic E-state index is -1.47. The van der Waals surface area contributed by atoms with E-state index in [0.29, 0.717) is 0 Å². The van der Waals surface area contributed by atoms with E-state index < -0.39 is 11.3 Å². The Bertz CT molecular complexity index is 66.7. The average Bonchev–Trinajstić information content (AvgIpc) is 1.36. The number of halogens is 3. The summed E-state index contributed by atoms with van der Waals surface area (Å²) in [6, 6.07) is 0. The highest BCUT2D eigenvalue weighted by Gasteiger charge is 1.99. The molecule has 0 unspecified atom stereocenters. The number of nitrogens with zero attached hydrogens (tertiary/aromatic N) is 1. The summed E-state index contributed by atoms with van der Waals surface area (Å²) in [4.78, 5) is 9.32. The molecule has 1 amide bonds. The Kier molecular flexibility index (Phi) is 5.65. The summed E-state index contributed by atoms with van der Waals surface area (Å²) in [7, 11) is 0. The lowest BCUT2D eigenvalue weighted by Crippen LogP contribution is -2.06. The summed E-state index contributed by atoms with van der Waals surface area (Å²) in [6.45, 7) is 0.778. The van der Waals surface area contributed by atoms with Crippen LogP contribution in [0, 0.1) is 0 Å². The second-order valence-corrected chi connectivity index (χ2v) is 0.752. The number of rotatable bonds is 0. The minimum Gasteiger partial charge on any atom is -0.270 e. The van der Waals surface area contributed by atoms with Crippen molar-refractivity contribution < 1.29 is 13.8 Å². The van der Waals surface area contributed by atoms with Gasteiger partial charge in [-0.25, -0.2) is 0 Å². The lowest BCUT2D eigenvalue weighted by molar-refractivity contribution is -0.184. The molecular weight excluding hydrogens is 172 g/mol. The Labute approximate surface area is 49.7 Å². The molecule has 0 N–H and O–H groups in total. The van der Waals surface area contributed by atoms with Crippen molar-refractivity contribution in [2.24, 2.45) is 0 Å². The first-order valence-corrected chi connectivity index (χ1v) is 1.27. The third-order valence-corrected chi connectivity index (χ3v) is 0.238. The fraction of sp³-hybridized carbons (Fsp3) is 0.500. The Morgan fingerprint density at radius 2 is 1.71 bits per heavy atom. The van der Waals surface area contributed by atoms with Crippen molar-refractivity contribution in [1.82, 2.24) is 5.34 Å². The lowest BCUT2D eigenvalue weighted by Gasteiger charge is -1.87. The Hall–Kier alpha value is -0.190. The predicted octanol–water partition coefficient (Wildman–Crippen LogP) is 1.18. The van der Waals surface area contributed by atoms with Crippen LogP contribution in [0.5, 0.6) is 0 Å². The van der Waals surface area contributed by atoms with Gasteiger partial charge in [0.2, 0.25) is 0 Å². The largest absolute Gasteiger partial charge is 0.280 e. The number of carbonyl (C=O) groups is 1. The van der Waals surface area contributed by atoms with Gasteiger partial charge < -0.3 is 0 Å². The predicted molar refractivity (Wildman–Crippen MR) is 25.1 cm³/mol. The van der Waals surface area contributed by atoms with E-state index in [9.17, 15) is 13.8 Å². The van der Waals surface area contributed by atoms with Crippen LogP contribution in [-0.2, 0) is 4.79 Å². The van der Waals surface area contributed by atoms with Crippen molar-refractivity contribution in [3.8, 4) is 0 Å². The quantitative estimate of drug-likeness (QED) is 0.507. The van der Waals surface area contributed by atoms with E-state index in [1.807, 2.05) is 0 Å². The molecule has 0 aliphatic heterocycles. The van der Waals surface area contributed by atoms with Crippen LogP contribution >= 0.6 is 17.0 Å². The Morgan fingerprint density at radius 1 is 1.57 bits per heavy atom. The Morgan fingerprint density at radius 3 is 1.71 bits per heavy atom. The monoisotopic (exact) mass is 175 g/mol. The fourth-order valence-corrected chi connectivity index (χ4v) is 0. The molecule has 0 aromatic carbocycles. The van der Waals surface area contributed by atoms with Gasteiger partial charge in [0.05, 0.1) is 0 Å². The Balaban J connectivity index is 0. The van der Waals surface area contributed by atoms with Gasteiger partial charge in [-0.15, -0.1) is 17.0 Å². The van der Waals surface area contributed by atoms with Gasteiger partial charge in [-0.2, -0.15) is 0 Å². The van der Waals surface area contributed by atoms with Crippen molar-refractivity contribution in [1.29, 1.82) is 0 Å². The standard InChI is InChI=1S/C2H3F2NO.BrH/c1-2(6)5(3)4;/h1H3;1H. The van der Waals surface area contributed by atoms with E-state index in [1.165, 1.54) is 0 Å². The highest BCUT2D eigenvalue weighted by atomic mass is 79.9. The van der Waals surface area contributed by atoms with E-state index in [-0.39, 0.29) is 17.0 Å². The third kappa shape index (κ3) is 5.81. The van der Waals surface area contributed by atoms with Crippen LogP contribution in [0.15, 0.2) is 0 Å². The smallest absolute Gasteiger partial charge is 0.270 e. The number of hydrogen-bond donors (Lipinski definition) is 0. The zero-order chi connectivity index (χ0) is 5.15. The molecule has 0 aliphatic carbocycles. The fourth-order valence-electron chi connectivity index (χ4n) is 0. The molecule has 2 nitrogen and oxygen atoms in total. The summed E-state index contributed by atoms with van der Waals surface area (Å²) >= 11 is 0. The van der Waals surface area contributed by atoms with Crippen molar-refractivity contribution in [3.05, 3.63) is 0 Å². The van der Waals surface area contributed by atoms with Gasteiger partial charge in [0.15, 0.2) is 0 Å². The molecule has 0 spiro atoms. The maximum atomic E-state index is 10.6. The molecule has 7 heavy (non-hydrogen) atoms. The molecule has 0 aromatic heterocycles. The molecular formula is C2H4BrF2NO. The highest BCUT2D eigenvalue weighted by Crippen LogP contribution is 1.85. The van der Waals surface area contributed by atoms with Gasteiger partial charge in [0.25, 0.3) is 5.91 Å². The topological polar surface area (TPSA) is 20.3 Å². The third-order valence-electron chi connectivity index (χ3n) is 0.238. The average molecular weight is 176 g/mol. The summed E-state index contributed by atoms with van der Waals surface area (Å²) in [5.41, 5.74) is 0. The molecule has 0 fully saturated rings. The normalized spacial score (nSPS) is 6.71. The number of hydrogen-bond acceptors (Lipinski definition) is 1. The van der Waals surface area contributed by atoms with Gasteiger partial charge in [-0.3, -0.25) is 4.79 Å². The first-order valence-electron chi connectivity index (χ1n) is 1.27. The molecule has 0 aliphatic rings. The SMILES string of the molecule is Br.CC(=O)N(F)F. The summed E-state index contributed by atoms with van der Waals surface area (Å²) in [5.74, 6) is -1.24. The lowest BCUT2D eigenvalue weighted by atomic mass is 10.8. The summed E-state index contributed by atoms with van der Waals surface area (Å²) in [6.07, 6.45) is 0. The van der Waals surface area contributed by atoms with Gasteiger partial charge in [-0.1, -0.05) is 8.96 Å². The van der Waals surface area contributed by atoms with Crippen molar-refractivity contribution in [2.75, 3.05) is 0 Å². The molecule has 5 heteroatoms. The van der Waals surface area contributed by atoms with Crippen LogP contribution in [0.2, 0.25) is 0 Å². The molecule has 44 valence electrons. The van der Waals surface area contributed by atoms with Crippen molar-refractivity contribution in [3.63, 3.8) is 0 Å². The maximum Gasteiger partial charge on any atom is 0.280 e. The van der Waals surface area contributed by atoms with Crippen LogP contribution in [0.1, 0.15) is 6.92 Å². The molecule has 0 saturated carbocycles. The molecule has 0 aromatic rings. The van der Waals surface area contributed by atoms with Crippen molar-refractivity contribution in [2.45, 2.75) is 6.92 Å². The van der Waals surface area contributed by atoms with Crippen LogP contribution in [-0.4, -0.2) is 11.3 Å². The van der Waals surface area contributed by atoms with Gasteiger partial charge in [0.1, 0.15) is 0 Å². The van der Waals surface area contributed by atoms with Gasteiger partial charge in [-0.05, 0) is 5.34 Å². The molecule has 0 atom stereocenters. The van der Waals surface area contributed by atoms with Crippen molar-refractivity contribution >= 4 is 22.9 Å². The second kappa shape index (κ2) is 3.98. The molecule has 0 rings (SSSR count). The van der Waals surface area contributed by atoms with Crippen LogP contribution in [0.25, 0.3) is 0 Å². The van der Waals surface area contributed by atoms with Gasteiger partial charge >= 0.3 is 0 Å². The first kappa shape index (κ1) is 9.94. The molecule has 0 bridgehead atoms. The van der Waals surface area contributed by atoms with E-state index in [4.69, 9.17) is 0 Å². The van der Waals surface area contributed by atoms with Gasteiger partial charge in [0, 0.05) is 6.92 Å². The molecule has 0 radical (unpaired) electrons. The van der Waals surface area contributed by atoms with E-state index >= 15 is 0 Å². The van der Waals surface area contributed by atoms with Crippen LogP contribution < -0.4 is 0 Å². The van der Waals surface area contributed by atoms with E-state index in [2.05, 4.69) is 0 Å². The molecule has 0 heterocycles. The summed E-state index contributed by atoms with van der Waals surface area (Å²) < 4.78 is 21.3. The maximum absolute atomic E-state index is 10.6. The van der Waals surface area contributed by atoms with E-state index in [1.54, 1.807) is 0 Å². The van der Waals surface area contributed by atoms with Crippen LogP contribution in [0.3, 0.4) is 0 Å². The minimum absolute atomic E-state index is 0. The van der Waals surface area contributed by atoms with E-state index in [0.717, 1.165) is 6.92 Å². The summed E-state index contributed by atoms with van der Waals surface area (Å²) in [5, 5.41) is -1.47. The van der Waals surface area contributed by atoms with Crippen LogP contribution in [0.4, 0.5) is 8.96 Å². The number of amides is 1.